The number of hydrogen-bond donors (Lipinski definition) is 1. The number of hydrogen-bond acceptors (Lipinski definition) is 6. The molecule has 6 nitrogen and oxygen atoms in total. The lowest BCUT2D eigenvalue weighted by Crippen LogP contribution is -2.40. The van der Waals surface area contributed by atoms with E-state index in [2.05, 4.69) is 14.9 Å². The zero-order valence-corrected chi connectivity index (χ0v) is 18.7. The van der Waals surface area contributed by atoms with E-state index < -0.39 is 5.92 Å². The van der Waals surface area contributed by atoms with Crippen LogP contribution in [0.15, 0.2) is 34.4 Å². The summed E-state index contributed by atoms with van der Waals surface area (Å²) in [6, 6.07) is 1.74. The van der Waals surface area contributed by atoms with Gasteiger partial charge in [0.05, 0.1) is 15.6 Å². The van der Waals surface area contributed by atoms with Gasteiger partial charge in [-0.3, -0.25) is 4.40 Å². The average molecular weight is 465 g/mol. The zero-order chi connectivity index (χ0) is 21.8. The van der Waals surface area contributed by atoms with E-state index in [1.54, 1.807) is 18.5 Å². The van der Waals surface area contributed by atoms with Gasteiger partial charge in [-0.25, -0.2) is 23.7 Å². The van der Waals surface area contributed by atoms with Gasteiger partial charge in [0.1, 0.15) is 5.82 Å². The van der Waals surface area contributed by atoms with Crippen molar-refractivity contribution in [3.05, 3.63) is 35.4 Å². The maximum atomic E-state index is 13.8. The number of anilines is 2. The molecule has 1 saturated heterocycles. The third-order valence-electron chi connectivity index (χ3n) is 6.47. The van der Waals surface area contributed by atoms with E-state index in [1.807, 2.05) is 17.5 Å². The van der Waals surface area contributed by atoms with Crippen molar-refractivity contribution in [3.63, 3.8) is 0 Å². The highest BCUT2D eigenvalue weighted by Gasteiger charge is 2.50. The highest BCUT2D eigenvalue weighted by atomic mass is 35.5. The van der Waals surface area contributed by atoms with Gasteiger partial charge in [-0.15, -0.1) is 0 Å². The molecule has 0 atom stereocenters. The minimum atomic E-state index is -2.51. The molecule has 2 N–H and O–H groups in total. The summed E-state index contributed by atoms with van der Waals surface area (Å²) in [7, 11) is 0. The zero-order valence-electron chi connectivity index (χ0n) is 17.1. The lowest BCUT2D eigenvalue weighted by atomic mass is 9.77. The number of piperidine rings is 1. The van der Waals surface area contributed by atoms with Crippen molar-refractivity contribution < 1.29 is 8.78 Å². The van der Waals surface area contributed by atoms with E-state index >= 15 is 0 Å². The monoisotopic (exact) mass is 464 g/mol. The first-order valence-corrected chi connectivity index (χ1v) is 11.5. The Morgan fingerprint density at radius 1 is 1.13 bits per heavy atom. The number of aromatic nitrogens is 4. The molecule has 2 fully saturated rings. The van der Waals surface area contributed by atoms with Gasteiger partial charge in [-0.05, 0) is 37.7 Å². The molecule has 3 aromatic rings. The molecule has 0 aromatic carbocycles. The van der Waals surface area contributed by atoms with Gasteiger partial charge in [-0.2, -0.15) is 0 Å². The van der Waals surface area contributed by atoms with Crippen LogP contribution in [-0.2, 0) is 0 Å². The Morgan fingerprint density at radius 2 is 1.90 bits per heavy atom. The maximum absolute atomic E-state index is 13.8. The number of imidazole rings is 1. The van der Waals surface area contributed by atoms with Crippen molar-refractivity contribution >= 4 is 40.8 Å². The summed E-state index contributed by atoms with van der Waals surface area (Å²) in [6.07, 6.45) is 7.59. The van der Waals surface area contributed by atoms with Crippen LogP contribution in [0.25, 0.3) is 5.65 Å². The topological polar surface area (TPSA) is 72.3 Å². The molecule has 1 saturated carbocycles. The Morgan fingerprint density at radius 3 is 2.61 bits per heavy atom. The largest absolute Gasteiger partial charge is 0.384 e. The Balaban J connectivity index is 1.40. The summed E-state index contributed by atoms with van der Waals surface area (Å²) in [4.78, 5) is 17.2. The highest BCUT2D eigenvalue weighted by molar-refractivity contribution is 7.99. The van der Waals surface area contributed by atoms with E-state index in [4.69, 9.17) is 22.3 Å². The van der Waals surface area contributed by atoms with Crippen molar-refractivity contribution in [3.8, 4) is 0 Å². The van der Waals surface area contributed by atoms with Gasteiger partial charge in [-0.1, -0.05) is 23.4 Å². The fourth-order valence-corrected chi connectivity index (χ4v) is 6.03. The fraction of sp³-hybridized carbons (Fsp3) is 0.476. The smallest absolute Gasteiger partial charge is 0.248 e. The minimum Gasteiger partial charge on any atom is -0.384 e. The molecule has 5 rings (SSSR count). The van der Waals surface area contributed by atoms with Crippen molar-refractivity contribution in [2.45, 2.75) is 54.7 Å². The third-order valence-corrected chi connectivity index (χ3v) is 8.10. The lowest BCUT2D eigenvalue weighted by Gasteiger charge is -2.39. The predicted molar refractivity (Wildman–Crippen MR) is 118 cm³/mol. The molecule has 0 bridgehead atoms. The van der Waals surface area contributed by atoms with E-state index in [-0.39, 0.29) is 18.3 Å². The molecular formula is C21H23ClF2N6S. The van der Waals surface area contributed by atoms with Gasteiger partial charge >= 0.3 is 0 Å². The van der Waals surface area contributed by atoms with E-state index in [1.165, 1.54) is 11.8 Å². The van der Waals surface area contributed by atoms with Gasteiger partial charge in [0, 0.05) is 49.4 Å². The highest BCUT2D eigenvalue weighted by Crippen LogP contribution is 2.53. The molecule has 0 amide bonds. The summed E-state index contributed by atoms with van der Waals surface area (Å²) < 4.78 is 29.6. The second-order valence-corrected chi connectivity index (χ2v) is 10.1. The fourth-order valence-electron chi connectivity index (χ4n) is 4.81. The van der Waals surface area contributed by atoms with Crippen molar-refractivity contribution in [2.75, 3.05) is 23.7 Å². The van der Waals surface area contributed by atoms with Crippen LogP contribution in [0.1, 0.15) is 37.8 Å². The van der Waals surface area contributed by atoms with Gasteiger partial charge in [0.15, 0.2) is 5.65 Å². The lowest BCUT2D eigenvalue weighted by molar-refractivity contribution is -0.00684. The summed E-state index contributed by atoms with van der Waals surface area (Å²) in [5.74, 6) is -1.31. The van der Waals surface area contributed by atoms with Crippen LogP contribution in [0.2, 0.25) is 5.02 Å². The molecule has 2 aliphatic rings. The molecule has 4 heterocycles. The number of rotatable bonds is 3. The molecule has 1 aliphatic heterocycles. The van der Waals surface area contributed by atoms with Crippen molar-refractivity contribution in [2.24, 2.45) is 5.41 Å². The first-order chi connectivity index (χ1) is 14.8. The van der Waals surface area contributed by atoms with E-state index in [0.29, 0.717) is 23.0 Å². The van der Waals surface area contributed by atoms with E-state index in [0.717, 1.165) is 47.3 Å². The molecule has 10 heteroatoms. The summed E-state index contributed by atoms with van der Waals surface area (Å²) >= 11 is 7.87. The Kier molecular flexibility index (Phi) is 5.01. The Hall–Kier alpha value is -2.13. The number of aryl methyl sites for hydroxylation is 1. The number of halogens is 3. The summed E-state index contributed by atoms with van der Waals surface area (Å²) in [6.45, 7) is 3.25. The van der Waals surface area contributed by atoms with Gasteiger partial charge in [0.25, 0.3) is 0 Å². The number of nitrogens with zero attached hydrogens (tertiary/aromatic N) is 5. The Labute approximate surface area is 188 Å². The molecular weight excluding hydrogens is 442 g/mol. The molecule has 1 aliphatic carbocycles. The molecule has 31 heavy (non-hydrogen) atoms. The number of fused-ring (bicyclic) bond motifs is 1. The van der Waals surface area contributed by atoms with Gasteiger partial charge < -0.3 is 10.6 Å². The normalized spacial score (nSPS) is 20.1. The van der Waals surface area contributed by atoms with Crippen LogP contribution in [0, 0.1) is 12.3 Å². The van der Waals surface area contributed by atoms with Crippen molar-refractivity contribution in [1.29, 1.82) is 0 Å². The SMILES string of the molecule is Cc1nc(N)cc(Sc2cnc(N3CCC4(CC3)CCC(F)(F)C4)n3ccnc23)c1Cl. The van der Waals surface area contributed by atoms with Crippen LogP contribution in [0.4, 0.5) is 20.5 Å². The second kappa shape index (κ2) is 7.48. The molecule has 1 spiro atoms. The first-order valence-electron chi connectivity index (χ1n) is 10.3. The number of nitrogens with two attached hydrogens (primary N) is 1. The quantitative estimate of drug-likeness (QED) is 0.572. The number of pyridine rings is 1. The number of nitrogen functional groups attached to an aromatic ring is 1. The molecule has 0 radical (unpaired) electrons. The van der Waals surface area contributed by atoms with Crippen LogP contribution >= 0.6 is 23.4 Å². The Bertz CT molecular complexity index is 1140. The van der Waals surface area contributed by atoms with Crippen molar-refractivity contribution in [1.82, 2.24) is 19.4 Å². The summed E-state index contributed by atoms with van der Waals surface area (Å²) in [5.41, 5.74) is 7.11. The van der Waals surface area contributed by atoms with E-state index in [9.17, 15) is 8.78 Å². The van der Waals surface area contributed by atoms with Gasteiger partial charge in [0.2, 0.25) is 11.9 Å². The molecule has 3 aromatic heterocycles. The molecule has 0 unspecified atom stereocenters. The van der Waals surface area contributed by atoms with Crippen LogP contribution in [0.3, 0.4) is 0 Å². The standard InChI is InChI=1S/C21H23ClF2N6S/c1-13-17(22)14(10-16(25)28-13)31-15-11-27-19(30-9-6-26-18(15)30)29-7-4-20(5-8-29)2-3-21(23,24)12-20/h6,9-11H,2-5,7-8,12H2,1H3,(H2,25,28). The van der Waals surface area contributed by atoms with Crippen LogP contribution in [0.5, 0.6) is 0 Å². The second-order valence-electron chi connectivity index (χ2n) is 8.61. The van der Waals surface area contributed by atoms with Crippen LogP contribution in [-0.4, -0.2) is 38.4 Å². The summed E-state index contributed by atoms with van der Waals surface area (Å²) in [5, 5.41) is 0.558. The third kappa shape index (κ3) is 3.82. The minimum absolute atomic E-state index is 0.0183. The maximum Gasteiger partial charge on any atom is 0.248 e. The average Bonchev–Trinajstić information content (AvgIpc) is 3.32. The van der Waals surface area contributed by atoms with Crippen LogP contribution < -0.4 is 10.6 Å². The number of alkyl halides is 2. The molecule has 164 valence electrons. The predicted octanol–water partition coefficient (Wildman–Crippen LogP) is 5.23. The first kappa shape index (κ1) is 20.8.